The van der Waals surface area contributed by atoms with E-state index in [0.29, 0.717) is 0 Å². The van der Waals surface area contributed by atoms with Crippen molar-refractivity contribution < 1.29 is 0 Å². The Kier molecular flexibility index (Phi) is 3.53. The first-order valence-corrected chi connectivity index (χ1v) is 12.6. The van der Waals surface area contributed by atoms with Crippen molar-refractivity contribution >= 4 is 33.6 Å². The van der Waals surface area contributed by atoms with Gasteiger partial charge in [0.25, 0.3) is 0 Å². The topological polar surface area (TPSA) is 4.93 Å². The smallest absolute Gasteiger partial charge is 0.0764 e. The molecule has 0 amide bonds. The van der Waals surface area contributed by atoms with Crippen LogP contribution in [0.15, 0.2) is 119 Å². The van der Waals surface area contributed by atoms with E-state index in [4.69, 9.17) is 0 Å². The minimum absolute atomic E-state index is 0.357. The highest BCUT2D eigenvalue weighted by atomic mass is 32.2. The van der Waals surface area contributed by atoms with E-state index in [9.17, 15) is 0 Å². The Hall–Kier alpha value is -3.75. The van der Waals surface area contributed by atoms with E-state index < -0.39 is 0 Å². The van der Waals surface area contributed by atoms with Crippen LogP contribution in [-0.4, -0.2) is 4.57 Å². The second-order valence-electron chi connectivity index (χ2n) is 9.42. The molecular weight excluding hydrogens is 430 g/mol. The van der Waals surface area contributed by atoms with Gasteiger partial charge in [-0.25, -0.2) is 0 Å². The van der Waals surface area contributed by atoms with Gasteiger partial charge in [0.2, 0.25) is 0 Å². The highest BCUT2D eigenvalue weighted by molar-refractivity contribution is 7.99. The van der Waals surface area contributed by atoms with Gasteiger partial charge in [-0.05, 0) is 53.4 Å². The molecule has 1 spiro atoms. The molecule has 1 unspecified atom stereocenters. The molecule has 0 bridgehead atoms. The third-order valence-electron chi connectivity index (χ3n) is 7.70. The zero-order valence-corrected chi connectivity index (χ0v) is 19.6. The van der Waals surface area contributed by atoms with Crippen molar-refractivity contribution in [1.82, 2.24) is 4.57 Å². The summed E-state index contributed by atoms with van der Waals surface area (Å²) in [6.45, 7) is 2.21. The number of benzene rings is 5. The average molecular weight is 452 g/mol. The number of para-hydroxylation sites is 3. The molecule has 0 radical (unpaired) electrons. The van der Waals surface area contributed by atoms with Crippen molar-refractivity contribution in [2.45, 2.75) is 22.1 Å². The molecule has 0 fully saturated rings. The summed E-state index contributed by atoms with van der Waals surface area (Å²) in [6, 6.07) is 40.8. The van der Waals surface area contributed by atoms with Crippen LogP contribution in [0, 0.1) is 6.92 Å². The van der Waals surface area contributed by atoms with Crippen LogP contribution in [0.3, 0.4) is 0 Å². The van der Waals surface area contributed by atoms with Gasteiger partial charge < -0.3 is 4.57 Å². The second kappa shape index (κ2) is 6.43. The first kappa shape index (κ1) is 18.7. The average Bonchev–Trinajstić information content (AvgIpc) is 3.22. The van der Waals surface area contributed by atoms with Crippen molar-refractivity contribution in [1.29, 1.82) is 0 Å². The highest BCUT2D eigenvalue weighted by Gasteiger charge is 2.49. The molecule has 34 heavy (non-hydrogen) atoms. The fourth-order valence-corrected chi connectivity index (χ4v) is 7.61. The summed E-state index contributed by atoms with van der Waals surface area (Å²) in [5.74, 6) is 0. The van der Waals surface area contributed by atoms with Crippen LogP contribution in [-0.2, 0) is 5.41 Å². The minimum Gasteiger partial charge on any atom is -0.309 e. The number of rotatable bonds is 0. The molecule has 0 aliphatic carbocycles. The van der Waals surface area contributed by atoms with Crippen molar-refractivity contribution in [2.24, 2.45) is 0 Å². The maximum Gasteiger partial charge on any atom is 0.0764 e. The lowest BCUT2D eigenvalue weighted by Crippen LogP contribution is -2.37. The standard InChI is InChI=1S/C32H21NS/c1-20-17-18-30-26(19-20)32(24-12-4-7-16-29(24)34-30)23-11-3-6-15-28(23)33-27-14-5-2-9-21(27)22-10-8-13-25(32)31(22)33/h2-19H,1H3. The van der Waals surface area contributed by atoms with Crippen LogP contribution in [0.2, 0.25) is 0 Å². The van der Waals surface area contributed by atoms with Gasteiger partial charge in [-0.2, -0.15) is 0 Å². The van der Waals surface area contributed by atoms with Gasteiger partial charge in [0.1, 0.15) is 0 Å². The fourth-order valence-electron chi connectivity index (χ4n) is 6.44. The summed E-state index contributed by atoms with van der Waals surface area (Å²) in [6.07, 6.45) is 0. The molecule has 2 heteroatoms. The summed E-state index contributed by atoms with van der Waals surface area (Å²) < 4.78 is 2.50. The van der Waals surface area contributed by atoms with E-state index >= 15 is 0 Å². The maximum atomic E-state index is 2.50. The molecule has 0 saturated heterocycles. The molecule has 1 nitrogen and oxygen atoms in total. The summed E-state index contributed by atoms with van der Waals surface area (Å²) >= 11 is 1.90. The van der Waals surface area contributed by atoms with E-state index in [1.807, 2.05) is 11.8 Å². The molecule has 1 atom stereocenters. The van der Waals surface area contributed by atoms with Gasteiger partial charge in [-0.15, -0.1) is 0 Å². The largest absolute Gasteiger partial charge is 0.309 e. The van der Waals surface area contributed by atoms with Crippen molar-refractivity contribution in [2.75, 3.05) is 0 Å². The Labute approximate surface area is 202 Å². The second-order valence-corrected chi connectivity index (χ2v) is 10.5. The van der Waals surface area contributed by atoms with Crippen molar-refractivity contribution in [3.8, 4) is 5.69 Å². The number of hydrogen-bond acceptors (Lipinski definition) is 1. The SMILES string of the molecule is Cc1ccc2c(c1)C1(c3ccccc3S2)c2ccccc2-n2c3ccccc3c3cccc1c32. The zero-order valence-electron chi connectivity index (χ0n) is 18.7. The molecule has 2 aliphatic heterocycles. The molecule has 6 aromatic rings. The van der Waals surface area contributed by atoms with Gasteiger partial charge in [0, 0.05) is 20.6 Å². The van der Waals surface area contributed by atoms with Crippen LogP contribution >= 0.6 is 11.8 Å². The van der Waals surface area contributed by atoms with Gasteiger partial charge in [0.05, 0.1) is 22.1 Å². The molecular formula is C32H21NS. The number of fused-ring (bicyclic) bond motifs is 11. The summed E-state index contributed by atoms with van der Waals surface area (Å²) in [5.41, 5.74) is 10.3. The van der Waals surface area contributed by atoms with Crippen LogP contribution in [0.4, 0.5) is 0 Å². The van der Waals surface area contributed by atoms with E-state index in [1.54, 1.807) is 0 Å². The molecule has 1 aromatic heterocycles. The van der Waals surface area contributed by atoms with Crippen molar-refractivity contribution in [3.05, 3.63) is 137 Å². The first-order valence-electron chi connectivity index (χ1n) is 11.8. The molecule has 160 valence electrons. The van der Waals surface area contributed by atoms with Gasteiger partial charge in [0.15, 0.2) is 0 Å². The Morgan fingerprint density at radius 2 is 1.29 bits per heavy atom. The summed E-state index contributed by atoms with van der Waals surface area (Å²) in [4.78, 5) is 2.69. The lowest BCUT2D eigenvalue weighted by Gasteiger charge is -2.45. The molecule has 3 heterocycles. The van der Waals surface area contributed by atoms with Crippen LogP contribution in [0.1, 0.15) is 27.8 Å². The molecule has 5 aromatic carbocycles. The number of aromatic nitrogens is 1. The molecule has 2 aliphatic rings. The highest BCUT2D eigenvalue weighted by Crippen LogP contribution is 2.60. The summed E-state index contributed by atoms with van der Waals surface area (Å²) in [5, 5.41) is 2.64. The van der Waals surface area contributed by atoms with E-state index in [2.05, 4.69) is 121 Å². The van der Waals surface area contributed by atoms with Crippen LogP contribution in [0.5, 0.6) is 0 Å². The molecule has 8 rings (SSSR count). The Balaban J connectivity index is 1.69. The van der Waals surface area contributed by atoms with Crippen LogP contribution < -0.4 is 0 Å². The van der Waals surface area contributed by atoms with Crippen LogP contribution in [0.25, 0.3) is 27.5 Å². The van der Waals surface area contributed by atoms with Crippen molar-refractivity contribution in [3.63, 3.8) is 0 Å². The first-order chi connectivity index (χ1) is 16.8. The lowest BCUT2D eigenvalue weighted by molar-refractivity contribution is 0.688. The normalized spacial score (nSPS) is 17.6. The monoisotopic (exact) mass is 451 g/mol. The number of hydrogen-bond donors (Lipinski definition) is 0. The maximum absolute atomic E-state index is 2.50. The fraction of sp³-hybridized carbons (Fsp3) is 0.0625. The Morgan fingerprint density at radius 1 is 0.588 bits per heavy atom. The third-order valence-corrected chi connectivity index (χ3v) is 8.85. The summed E-state index contributed by atoms with van der Waals surface area (Å²) in [7, 11) is 0. The predicted octanol–water partition coefficient (Wildman–Crippen LogP) is 8.25. The Bertz CT molecular complexity index is 1810. The van der Waals surface area contributed by atoms with E-state index in [-0.39, 0.29) is 5.41 Å². The number of aryl methyl sites for hydroxylation is 1. The van der Waals surface area contributed by atoms with E-state index in [0.717, 1.165) is 0 Å². The molecule has 0 saturated carbocycles. The molecule has 0 N–H and O–H groups in total. The third kappa shape index (κ3) is 2.09. The predicted molar refractivity (Wildman–Crippen MR) is 142 cm³/mol. The number of nitrogens with zero attached hydrogens (tertiary/aromatic N) is 1. The zero-order chi connectivity index (χ0) is 22.4. The van der Waals surface area contributed by atoms with Gasteiger partial charge >= 0.3 is 0 Å². The Morgan fingerprint density at radius 3 is 2.24 bits per heavy atom. The van der Waals surface area contributed by atoms with Gasteiger partial charge in [-0.1, -0.05) is 102 Å². The minimum atomic E-state index is -0.357. The van der Waals surface area contributed by atoms with E-state index in [1.165, 1.54) is 65.1 Å². The van der Waals surface area contributed by atoms with Gasteiger partial charge in [-0.3, -0.25) is 0 Å². The lowest BCUT2D eigenvalue weighted by atomic mass is 9.62. The quantitative estimate of drug-likeness (QED) is 0.225.